The predicted molar refractivity (Wildman–Crippen MR) is 350 cm³/mol. The number of fused-ring (bicyclic) bond motifs is 19. The van der Waals surface area contributed by atoms with E-state index in [9.17, 15) is 36.9 Å². The molecule has 0 radical (unpaired) electrons. The molecule has 0 unspecified atom stereocenters. The van der Waals surface area contributed by atoms with E-state index in [0.717, 1.165) is 84.1 Å². The minimum Gasteiger partial charge on any atom is -0.453 e. The summed E-state index contributed by atoms with van der Waals surface area (Å²) in [6, 6.07) is 85.2. The summed E-state index contributed by atoms with van der Waals surface area (Å²) in [4.78, 5) is 6.31. The van der Waals surface area contributed by atoms with Crippen LogP contribution in [-0.2, 0) is 17.8 Å². The van der Waals surface area contributed by atoms with Gasteiger partial charge in [0.2, 0.25) is 0 Å². The Balaban J connectivity index is 1.03. The molecule has 0 saturated carbocycles. The highest BCUT2D eigenvalue weighted by Gasteiger charge is 2.54. The Labute approximate surface area is 520 Å². The molecular weight excluding hydrogens is 1160 g/mol. The second-order valence-corrected chi connectivity index (χ2v) is 23.0. The van der Waals surface area contributed by atoms with Gasteiger partial charge < -0.3 is 23.5 Å². The van der Waals surface area contributed by atoms with Gasteiger partial charge >= 0.3 is 12.4 Å². The van der Waals surface area contributed by atoms with Crippen molar-refractivity contribution in [3.05, 3.63) is 305 Å². The fourth-order valence-electron chi connectivity index (χ4n) is 14.6. The van der Waals surface area contributed by atoms with Crippen LogP contribution in [0.3, 0.4) is 0 Å². The summed E-state index contributed by atoms with van der Waals surface area (Å²) in [5.74, 6) is 0. The first-order valence-electron chi connectivity index (χ1n) is 29.7. The Bertz CT molecular complexity index is 5350. The molecule has 0 saturated heterocycles. The Morgan fingerprint density at radius 2 is 0.696 bits per heavy atom. The first kappa shape index (κ1) is 54.1. The van der Waals surface area contributed by atoms with Crippen molar-refractivity contribution < 1.29 is 35.2 Å². The van der Waals surface area contributed by atoms with E-state index in [1.807, 2.05) is 137 Å². The summed E-state index contributed by atoms with van der Waals surface area (Å²) >= 11 is 0. The van der Waals surface area contributed by atoms with E-state index in [4.69, 9.17) is 8.83 Å². The zero-order chi connectivity index (χ0) is 62.4. The molecule has 0 amide bonds. The highest BCUT2D eigenvalue weighted by molar-refractivity contribution is 6.21. The van der Waals surface area contributed by atoms with Gasteiger partial charge in [-0.05, 0) is 153 Å². The summed E-state index contributed by atoms with van der Waals surface area (Å²) in [5.41, 5.74) is 9.04. The van der Waals surface area contributed by atoms with Crippen molar-refractivity contribution in [1.29, 1.82) is 10.5 Å². The monoisotopic (exact) mass is 1210 g/mol. The van der Waals surface area contributed by atoms with Crippen LogP contribution in [0.1, 0.15) is 44.5 Å². The minimum absolute atomic E-state index is 0.214. The normalized spacial score (nSPS) is 13.2. The average Bonchev–Trinajstić information content (AvgIpc) is 1.45. The third kappa shape index (κ3) is 7.75. The standard InChI is InChI=1S/C79H43F6N5O2/c80-78(81,82)61-28-12-22-55-57-24-14-32-67(75(57)91-73(55)61)89(49-38-34-46(44-86)35-39-49)69-42-63-71(53-20-6-4-18-51(53)69)72-54-21-7-5-19-52(54)70(43-64(72)77(63)59-26-8-10-30-65(59)88(48-16-2-1-3-17-48)66-31-11-9-27-60(66)77)90(50-40-36-47(45-87)37-41-50)68-33-15-25-58-56-23-13-29-62(79(83,84)85)74(56)92-76(58)68/h1-43H. The number of benzene rings is 13. The van der Waals surface area contributed by atoms with E-state index in [2.05, 4.69) is 77.7 Å². The maximum absolute atomic E-state index is 15.0. The van der Waals surface area contributed by atoms with Gasteiger partial charge in [0.25, 0.3) is 0 Å². The molecule has 1 spiro atoms. The van der Waals surface area contributed by atoms with Crippen molar-refractivity contribution in [2.75, 3.05) is 14.7 Å². The quantitative estimate of drug-likeness (QED) is 0.147. The molecule has 17 rings (SSSR count). The van der Waals surface area contributed by atoms with Crippen LogP contribution in [0.15, 0.2) is 270 Å². The fourth-order valence-corrected chi connectivity index (χ4v) is 14.6. The molecule has 2 aromatic heterocycles. The number of anilines is 9. The van der Waals surface area contributed by atoms with Gasteiger partial charge in [0, 0.05) is 49.4 Å². The van der Waals surface area contributed by atoms with Crippen molar-refractivity contribution in [3.8, 4) is 23.3 Å². The van der Waals surface area contributed by atoms with Gasteiger partial charge in [-0.1, -0.05) is 152 Å². The molecule has 3 heterocycles. The zero-order valence-corrected chi connectivity index (χ0v) is 48.1. The van der Waals surface area contributed by atoms with Crippen LogP contribution in [0, 0.1) is 22.7 Å². The van der Waals surface area contributed by atoms with E-state index in [1.54, 1.807) is 48.5 Å². The highest BCUT2D eigenvalue weighted by Crippen LogP contribution is 2.68. The second kappa shape index (κ2) is 20.0. The average molecular weight is 1210 g/mol. The molecule has 1 aliphatic heterocycles. The van der Waals surface area contributed by atoms with E-state index in [1.165, 1.54) is 12.1 Å². The zero-order valence-electron chi connectivity index (χ0n) is 48.1. The van der Waals surface area contributed by atoms with Crippen molar-refractivity contribution in [2.45, 2.75) is 17.8 Å². The molecule has 0 bridgehead atoms. The minimum atomic E-state index is -4.73. The molecule has 438 valence electrons. The Morgan fingerprint density at radius 1 is 0.337 bits per heavy atom. The number of alkyl halides is 6. The number of nitrogens with zero attached hydrogens (tertiary/aromatic N) is 5. The third-order valence-electron chi connectivity index (χ3n) is 18.3. The Kier molecular flexibility index (Phi) is 11.8. The van der Waals surface area contributed by atoms with E-state index >= 15 is 0 Å². The molecule has 0 atom stereocenters. The summed E-state index contributed by atoms with van der Waals surface area (Å²) in [6.45, 7) is 0. The van der Waals surface area contributed by atoms with Gasteiger partial charge in [0.1, 0.15) is 11.2 Å². The maximum Gasteiger partial charge on any atom is 0.420 e. The largest absolute Gasteiger partial charge is 0.453 e. The van der Waals surface area contributed by atoms with Crippen LogP contribution < -0.4 is 14.7 Å². The van der Waals surface area contributed by atoms with Crippen molar-refractivity contribution >= 4 is 117 Å². The SMILES string of the molecule is N#Cc1ccc(N(c2cc3c(c4ccccc24)-c2c(cc(N(c4ccc(C#N)cc4)c4cccc5c4oc4c(C(F)(F)F)cccc45)c4ccccc24)C32c3ccccc3N(c3ccccc3)c3ccccc32)c2cccc3c2oc2c(C(F)(F)F)cccc23)cc1. The van der Waals surface area contributed by atoms with Gasteiger partial charge in [0.15, 0.2) is 11.2 Å². The number of furan rings is 2. The number of rotatable bonds is 7. The van der Waals surface area contributed by atoms with Gasteiger partial charge in [-0.25, -0.2) is 0 Å². The second-order valence-electron chi connectivity index (χ2n) is 23.0. The maximum atomic E-state index is 15.0. The first-order valence-corrected chi connectivity index (χ1v) is 29.7. The summed E-state index contributed by atoms with van der Waals surface area (Å²) in [7, 11) is 0. The van der Waals surface area contributed by atoms with Gasteiger partial charge in [0.05, 0.1) is 73.9 Å². The summed E-state index contributed by atoms with van der Waals surface area (Å²) in [5, 5.41) is 25.2. The lowest BCUT2D eigenvalue weighted by atomic mass is 9.64. The molecule has 7 nitrogen and oxygen atoms in total. The molecule has 13 aromatic carbocycles. The number of hydrogen-bond donors (Lipinski definition) is 0. The van der Waals surface area contributed by atoms with Gasteiger partial charge in [-0.3, -0.25) is 0 Å². The Morgan fingerprint density at radius 3 is 1.11 bits per heavy atom. The van der Waals surface area contributed by atoms with Crippen LogP contribution in [-0.4, -0.2) is 0 Å². The molecule has 2 aliphatic rings. The molecule has 0 N–H and O–H groups in total. The summed E-state index contributed by atoms with van der Waals surface area (Å²) < 4.78 is 103. The molecule has 0 fully saturated rings. The number of halogens is 6. The number of hydrogen-bond acceptors (Lipinski definition) is 7. The first-order chi connectivity index (χ1) is 44.8. The number of para-hydroxylation sites is 7. The predicted octanol–water partition coefficient (Wildman–Crippen LogP) is 22.7. The van der Waals surface area contributed by atoms with Crippen LogP contribution in [0.4, 0.5) is 77.5 Å². The van der Waals surface area contributed by atoms with E-state index < -0.39 is 28.9 Å². The molecule has 13 heteroatoms. The van der Waals surface area contributed by atoms with Crippen LogP contribution in [0.25, 0.3) is 76.5 Å². The van der Waals surface area contributed by atoms with Crippen LogP contribution in [0.5, 0.6) is 0 Å². The smallest absolute Gasteiger partial charge is 0.420 e. The fraction of sp³-hybridized carbons (Fsp3) is 0.0380. The van der Waals surface area contributed by atoms with Crippen LogP contribution >= 0.6 is 0 Å². The van der Waals surface area contributed by atoms with Crippen molar-refractivity contribution in [1.82, 2.24) is 0 Å². The lowest BCUT2D eigenvalue weighted by Crippen LogP contribution is -2.36. The van der Waals surface area contributed by atoms with Crippen molar-refractivity contribution in [2.24, 2.45) is 0 Å². The summed E-state index contributed by atoms with van der Waals surface area (Å²) in [6.07, 6.45) is -9.46. The lowest BCUT2D eigenvalue weighted by molar-refractivity contribution is -0.137. The highest BCUT2D eigenvalue weighted by atomic mass is 19.4. The lowest BCUT2D eigenvalue weighted by Gasteiger charge is -2.45. The molecule has 15 aromatic rings. The van der Waals surface area contributed by atoms with Crippen molar-refractivity contribution in [3.63, 3.8) is 0 Å². The van der Waals surface area contributed by atoms with Crippen LogP contribution in [0.2, 0.25) is 0 Å². The molecule has 1 aliphatic carbocycles. The molecule has 92 heavy (non-hydrogen) atoms. The third-order valence-corrected chi connectivity index (χ3v) is 18.3. The number of nitriles is 2. The van der Waals surface area contributed by atoms with Gasteiger partial charge in [-0.2, -0.15) is 36.9 Å². The van der Waals surface area contributed by atoms with Gasteiger partial charge in [-0.15, -0.1) is 0 Å². The topological polar surface area (TPSA) is 83.6 Å². The van der Waals surface area contributed by atoms with E-state index in [0.29, 0.717) is 66.8 Å². The van der Waals surface area contributed by atoms with E-state index in [-0.39, 0.29) is 22.3 Å². The Hall–Kier alpha value is -12.1. The molecular formula is C79H43F6N5O2.